The summed E-state index contributed by atoms with van der Waals surface area (Å²) in [5, 5.41) is 5.67. The number of rotatable bonds is 5. The fraction of sp³-hybridized carbons (Fsp3) is 0.278. The van der Waals surface area contributed by atoms with Gasteiger partial charge in [0.05, 0.1) is 31.6 Å². The fourth-order valence-electron chi connectivity index (χ4n) is 2.55. The first kappa shape index (κ1) is 18.2. The van der Waals surface area contributed by atoms with Gasteiger partial charge in [0.15, 0.2) is 0 Å². The van der Waals surface area contributed by atoms with E-state index in [-0.39, 0.29) is 18.4 Å². The Morgan fingerprint density at radius 1 is 1.19 bits per heavy atom. The molecule has 1 aromatic heterocycles. The molecule has 0 aliphatic carbocycles. The highest BCUT2D eigenvalue weighted by Crippen LogP contribution is 2.16. The first-order chi connectivity index (χ1) is 12.6. The molecule has 0 atom stereocenters. The summed E-state index contributed by atoms with van der Waals surface area (Å²) in [6.45, 7) is 2.89. The summed E-state index contributed by atoms with van der Waals surface area (Å²) in [5.74, 6) is -0.283. The molecule has 0 radical (unpaired) electrons. The molecule has 2 N–H and O–H groups in total. The van der Waals surface area contributed by atoms with Crippen LogP contribution in [0.2, 0.25) is 5.02 Å². The number of nitrogens with one attached hydrogen (secondary N) is 2. The van der Waals surface area contributed by atoms with E-state index in [1.165, 1.54) is 0 Å². The highest BCUT2D eigenvalue weighted by molar-refractivity contribution is 6.31. The first-order valence-corrected chi connectivity index (χ1v) is 8.62. The number of carbonyl (C=O) groups excluding carboxylic acids is 2. The van der Waals surface area contributed by atoms with Crippen LogP contribution in [0.1, 0.15) is 10.4 Å². The van der Waals surface area contributed by atoms with E-state index in [4.69, 9.17) is 16.3 Å². The van der Waals surface area contributed by atoms with Crippen LogP contribution in [-0.4, -0.2) is 49.6 Å². The molecule has 0 bridgehead atoms. The topological polar surface area (TPSA) is 83.6 Å². The molecule has 7 nitrogen and oxygen atoms in total. The minimum Gasteiger partial charge on any atom is -0.378 e. The van der Waals surface area contributed by atoms with Crippen molar-refractivity contribution in [3.8, 4) is 0 Å². The molecule has 136 valence electrons. The van der Waals surface area contributed by atoms with Crippen molar-refractivity contribution >= 4 is 34.9 Å². The van der Waals surface area contributed by atoms with Gasteiger partial charge in [-0.15, -0.1) is 0 Å². The normalized spacial score (nSPS) is 14.0. The molecule has 8 heteroatoms. The van der Waals surface area contributed by atoms with Gasteiger partial charge in [-0.05, 0) is 30.3 Å². The van der Waals surface area contributed by atoms with Gasteiger partial charge in [-0.3, -0.25) is 9.59 Å². The minimum atomic E-state index is -0.363. The third-order valence-corrected chi connectivity index (χ3v) is 4.12. The van der Waals surface area contributed by atoms with Crippen LogP contribution >= 0.6 is 11.6 Å². The maximum Gasteiger partial charge on any atom is 0.251 e. The molecule has 26 heavy (non-hydrogen) atoms. The summed E-state index contributed by atoms with van der Waals surface area (Å²) in [7, 11) is 0. The molecule has 1 aliphatic heterocycles. The zero-order valence-electron chi connectivity index (χ0n) is 14.1. The van der Waals surface area contributed by atoms with E-state index in [9.17, 15) is 9.59 Å². The lowest BCUT2D eigenvalue weighted by Gasteiger charge is -2.28. The van der Waals surface area contributed by atoms with Crippen LogP contribution in [-0.2, 0) is 9.53 Å². The largest absolute Gasteiger partial charge is 0.378 e. The van der Waals surface area contributed by atoms with Gasteiger partial charge in [-0.1, -0.05) is 17.7 Å². The summed E-state index contributed by atoms with van der Waals surface area (Å²) in [5.41, 5.74) is 1.39. The standard InChI is InChI=1S/C18H19ClN4O3/c19-14-3-1-2-13(10-14)18(25)21-12-17(24)22-16-5-4-15(11-20-16)23-6-8-26-9-7-23/h1-5,10-11H,6-9,12H2,(H,21,25)(H,20,22,24). The molecular formula is C18H19ClN4O3. The van der Waals surface area contributed by atoms with E-state index in [0.29, 0.717) is 29.6 Å². The third kappa shape index (κ3) is 4.93. The van der Waals surface area contributed by atoms with Crippen LogP contribution in [0.4, 0.5) is 11.5 Å². The Morgan fingerprint density at radius 2 is 2.00 bits per heavy atom. The number of carbonyl (C=O) groups is 2. The van der Waals surface area contributed by atoms with Crippen molar-refractivity contribution in [3.05, 3.63) is 53.2 Å². The highest BCUT2D eigenvalue weighted by atomic mass is 35.5. The fourth-order valence-corrected chi connectivity index (χ4v) is 2.74. The van der Waals surface area contributed by atoms with Crippen LogP contribution < -0.4 is 15.5 Å². The SMILES string of the molecule is O=C(CNC(=O)c1cccc(Cl)c1)Nc1ccc(N2CCOCC2)cn1. The molecule has 2 aromatic rings. The number of anilines is 2. The Balaban J connectivity index is 1.49. The van der Waals surface area contributed by atoms with Crippen LogP contribution in [0.3, 0.4) is 0 Å². The van der Waals surface area contributed by atoms with Crippen molar-refractivity contribution in [2.45, 2.75) is 0 Å². The smallest absolute Gasteiger partial charge is 0.251 e. The Labute approximate surface area is 156 Å². The lowest BCUT2D eigenvalue weighted by atomic mass is 10.2. The predicted octanol–water partition coefficient (Wildman–Crippen LogP) is 1.94. The number of morpholine rings is 1. The number of nitrogens with zero attached hydrogens (tertiary/aromatic N) is 2. The van der Waals surface area contributed by atoms with Crippen LogP contribution in [0.25, 0.3) is 0 Å². The lowest BCUT2D eigenvalue weighted by Crippen LogP contribution is -2.36. The van der Waals surface area contributed by atoms with Gasteiger partial charge in [0.2, 0.25) is 5.91 Å². The van der Waals surface area contributed by atoms with Gasteiger partial charge < -0.3 is 20.3 Å². The third-order valence-electron chi connectivity index (χ3n) is 3.89. The molecule has 2 amide bonds. The zero-order valence-corrected chi connectivity index (χ0v) is 14.8. The monoisotopic (exact) mass is 374 g/mol. The maximum absolute atomic E-state index is 12.0. The second-order valence-electron chi connectivity index (χ2n) is 5.74. The first-order valence-electron chi connectivity index (χ1n) is 8.24. The number of ether oxygens (including phenoxy) is 1. The van der Waals surface area contributed by atoms with Gasteiger partial charge in [-0.25, -0.2) is 4.98 Å². The number of hydrogen-bond acceptors (Lipinski definition) is 5. The molecule has 0 saturated carbocycles. The van der Waals surface area contributed by atoms with E-state index in [0.717, 1.165) is 18.8 Å². The summed E-state index contributed by atoms with van der Waals surface area (Å²) < 4.78 is 5.32. The second kappa shape index (κ2) is 8.64. The van der Waals surface area contributed by atoms with E-state index in [1.54, 1.807) is 36.5 Å². The van der Waals surface area contributed by atoms with Crippen molar-refractivity contribution in [1.82, 2.24) is 10.3 Å². The Morgan fingerprint density at radius 3 is 2.69 bits per heavy atom. The molecule has 2 heterocycles. The van der Waals surface area contributed by atoms with Crippen LogP contribution in [0.15, 0.2) is 42.6 Å². The molecule has 1 fully saturated rings. The Kier molecular flexibility index (Phi) is 6.04. The summed E-state index contributed by atoms with van der Waals surface area (Å²) in [6, 6.07) is 10.2. The van der Waals surface area contributed by atoms with Gasteiger partial charge in [0.25, 0.3) is 5.91 Å². The minimum absolute atomic E-state index is 0.155. The molecule has 1 aliphatic rings. The number of amides is 2. The van der Waals surface area contributed by atoms with E-state index < -0.39 is 0 Å². The van der Waals surface area contributed by atoms with Crippen molar-refractivity contribution in [1.29, 1.82) is 0 Å². The van der Waals surface area contributed by atoms with Crippen molar-refractivity contribution in [2.24, 2.45) is 0 Å². The quantitative estimate of drug-likeness (QED) is 0.835. The summed E-state index contributed by atoms with van der Waals surface area (Å²) in [6.07, 6.45) is 1.71. The number of pyridine rings is 1. The van der Waals surface area contributed by atoms with Crippen molar-refractivity contribution in [3.63, 3.8) is 0 Å². The predicted molar refractivity (Wildman–Crippen MR) is 99.7 cm³/mol. The van der Waals surface area contributed by atoms with Gasteiger partial charge >= 0.3 is 0 Å². The average Bonchev–Trinajstić information content (AvgIpc) is 2.67. The zero-order chi connectivity index (χ0) is 18.4. The van der Waals surface area contributed by atoms with Crippen molar-refractivity contribution < 1.29 is 14.3 Å². The number of hydrogen-bond donors (Lipinski definition) is 2. The summed E-state index contributed by atoms with van der Waals surface area (Å²) in [4.78, 5) is 30.4. The number of benzene rings is 1. The molecular weight excluding hydrogens is 356 g/mol. The van der Waals surface area contributed by atoms with Crippen molar-refractivity contribution in [2.75, 3.05) is 43.1 Å². The molecule has 1 saturated heterocycles. The van der Waals surface area contributed by atoms with Crippen LogP contribution in [0, 0.1) is 0 Å². The lowest BCUT2D eigenvalue weighted by molar-refractivity contribution is -0.115. The summed E-state index contributed by atoms with van der Waals surface area (Å²) >= 11 is 5.85. The number of halogens is 1. The van der Waals surface area contributed by atoms with E-state index in [2.05, 4.69) is 20.5 Å². The maximum atomic E-state index is 12.0. The Bertz CT molecular complexity index is 776. The van der Waals surface area contributed by atoms with E-state index >= 15 is 0 Å². The number of aromatic nitrogens is 1. The average molecular weight is 375 g/mol. The van der Waals surface area contributed by atoms with Crippen LogP contribution in [0.5, 0.6) is 0 Å². The van der Waals surface area contributed by atoms with E-state index in [1.807, 2.05) is 6.07 Å². The molecule has 3 rings (SSSR count). The molecule has 1 aromatic carbocycles. The molecule has 0 unspecified atom stereocenters. The highest BCUT2D eigenvalue weighted by Gasteiger charge is 2.12. The second-order valence-corrected chi connectivity index (χ2v) is 6.18. The van der Waals surface area contributed by atoms with Gasteiger partial charge in [0.1, 0.15) is 5.82 Å². The molecule has 0 spiro atoms. The van der Waals surface area contributed by atoms with Gasteiger partial charge in [0, 0.05) is 23.7 Å². The van der Waals surface area contributed by atoms with Gasteiger partial charge in [-0.2, -0.15) is 0 Å². The Hall–Kier alpha value is -2.64.